The molecule has 3 nitrogen and oxygen atoms in total. The molecule has 0 atom stereocenters. The molecular formula is C12H18O3S. The maximum atomic E-state index is 10.9. The van der Waals surface area contributed by atoms with Crippen LogP contribution in [0.4, 0.5) is 0 Å². The van der Waals surface area contributed by atoms with Crippen LogP contribution in [0.15, 0.2) is 29.2 Å². The van der Waals surface area contributed by atoms with Crippen molar-refractivity contribution >= 4 is 10.1 Å². The zero-order valence-electron chi connectivity index (χ0n) is 9.90. The van der Waals surface area contributed by atoms with Crippen LogP contribution < -0.4 is 0 Å². The van der Waals surface area contributed by atoms with Crippen molar-refractivity contribution < 1.29 is 13.0 Å². The topological polar surface area (TPSA) is 54.4 Å². The Balaban J connectivity index is 3.13. The van der Waals surface area contributed by atoms with E-state index in [1.807, 2.05) is 0 Å². The molecule has 4 heteroatoms. The van der Waals surface area contributed by atoms with Gasteiger partial charge in [0.1, 0.15) is 0 Å². The van der Waals surface area contributed by atoms with Gasteiger partial charge in [-0.2, -0.15) is 8.42 Å². The van der Waals surface area contributed by atoms with Crippen molar-refractivity contribution in [2.45, 2.75) is 43.9 Å². The first kappa shape index (κ1) is 13.2. The van der Waals surface area contributed by atoms with Gasteiger partial charge in [-0.1, -0.05) is 32.9 Å². The van der Waals surface area contributed by atoms with Gasteiger partial charge in [-0.15, -0.1) is 0 Å². The minimum atomic E-state index is -4.08. The standard InChI is InChI=1S/C12H18O3S/c1-4-12(3,5-2)10-6-8-11(9-7-10)16(13,14)15/h6-9H,4-5H2,1-3H3,(H,13,14,15). The van der Waals surface area contributed by atoms with Crippen molar-refractivity contribution in [3.05, 3.63) is 29.8 Å². The molecule has 0 aliphatic heterocycles. The van der Waals surface area contributed by atoms with Crippen LogP contribution in [0, 0.1) is 0 Å². The highest BCUT2D eigenvalue weighted by Crippen LogP contribution is 2.31. The molecule has 0 fully saturated rings. The van der Waals surface area contributed by atoms with Crippen LogP contribution in [-0.2, 0) is 15.5 Å². The van der Waals surface area contributed by atoms with Gasteiger partial charge in [0.05, 0.1) is 4.90 Å². The van der Waals surface area contributed by atoms with Crippen molar-refractivity contribution in [1.82, 2.24) is 0 Å². The Hall–Kier alpha value is -0.870. The summed E-state index contributed by atoms with van der Waals surface area (Å²) in [6, 6.07) is 6.45. The molecule has 16 heavy (non-hydrogen) atoms. The minimum Gasteiger partial charge on any atom is -0.282 e. The van der Waals surface area contributed by atoms with Gasteiger partial charge in [-0.25, -0.2) is 0 Å². The Morgan fingerprint density at radius 3 is 1.88 bits per heavy atom. The summed E-state index contributed by atoms with van der Waals surface area (Å²) in [5.74, 6) is 0. The maximum Gasteiger partial charge on any atom is 0.294 e. The van der Waals surface area contributed by atoms with Crippen LogP contribution in [0.25, 0.3) is 0 Å². The van der Waals surface area contributed by atoms with Crippen molar-refractivity contribution in [2.24, 2.45) is 0 Å². The highest BCUT2D eigenvalue weighted by molar-refractivity contribution is 7.85. The SMILES string of the molecule is CCC(C)(CC)c1ccc(S(=O)(=O)O)cc1. The van der Waals surface area contributed by atoms with Gasteiger partial charge in [-0.05, 0) is 36.0 Å². The predicted octanol–water partition coefficient (Wildman–Crippen LogP) is 3.01. The smallest absolute Gasteiger partial charge is 0.282 e. The van der Waals surface area contributed by atoms with Gasteiger partial charge in [0.25, 0.3) is 10.1 Å². The van der Waals surface area contributed by atoms with Crippen LogP contribution in [0.1, 0.15) is 39.2 Å². The zero-order chi connectivity index (χ0) is 12.4. The number of hydrogen-bond acceptors (Lipinski definition) is 2. The third-order valence-electron chi connectivity index (χ3n) is 3.41. The van der Waals surface area contributed by atoms with Crippen molar-refractivity contribution in [3.8, 4) is 0 Å². The first-order chi connectivity index (χ1) is 7.33. The Bertz CT molecular complexity index is 442. The zero-order valence-corrected chi connectivity index (χ0v) is 10.7. The lowest BCUT2D eigenvalue weighted by Gasteiger charge is -2.27. The first-order valence-electron chi connectivity index (χ1n) is 5.41. The molecule has 1 aromatic carbocycles. The van der Waals surface area contributed by atoms with E-state index in [9.17, 15) is 8.42 Å². The summed E-state index contributed by atoms with van der Waals surface area (Å²) in [7, 11) is -4.08. The number of rotatable bonds is 4. The molecule has 0 aliphatic rings. The predicted molar refractivity (Wildman–Crippen MR) is 64.2 cm³/mol. The third-order valence-corrected chi connectivity index (χ3v) is 4.28. The van der Waals surface area contributed by atoms with E-state index >= 15 is 0 Å². The van der Waals surface area contributed by atoms with Gasteiger partial charge >= 0.3 is 0 Å². The van der Waals surface area contributed by atoms with Crippen LogP contribution >= 0.6 is 0 Å². The summed E-state index contributed by atoms with van der Waals surface area (Å²) < 4.78 is 30.6. The molecule has 1 rings (SSSR count). The summed E-state index contributed by atoms with van der Waals surface area (Å²) >= 11 is 0. The second-order valence-corrected chi connectivity index (χ2v) is 5.69. The van der Waals surface area contributed by atoms with E-state index in [2.05, 4.69) is 20.8 Å². The fourth-order valence-electron chi connectivity index (χ4n) is 1.69. The quantitative estimate of drug-likeness (QED) is 0.826. The Labute approximate surface area is 97.2 Å². The maximum absolute atomic E-state index is 10.9. The number of benzene rings is 1. The molecule has 0 amide bonds. The summed E-state index contributed by atoms with van der Waals surface area (Å²) in [6.45, 7) is 6.37. The fourth-order valence-corrected chi connectivity index (χ4v) is 2.17. The van der Waals surface area contributed by atoms with Crippen molar-refractivity contribution in [1.29, 1.82) is 0 Å². The molecule has 0 spiro atoms. The lowest BCUT2D eigenvalue weighted by atomic mass is 9.78. The molecule has 1 N–H and O–H groups in total. The van der Waals surface area contributed by atoms with Crippen molar-refractivity contribution in [3.63, 3.8) is 0 Å². The molecular weight excluding hydrogens is 224 g/mol. The van der Waals surface area contributed by atoms with Crippen LogP contribution in [0.3, 0.4) is 0 Å². The lowest BCUT2D eigenvalue weighted by molar-refractivity contribution is 0.438. The Morgan fingerprint density at radius 1 is 1.12 bits per heavy atom. The number of hydrogen-bond donors (Lipinski definition) is 1. The van der Waals surface area contributed by atoms with Crippen LogP contribution in [0.5, 0.6) is 0 Å². The van der Waals surface area contributed by atoms with Crippen LogP contribution in [-0.4, -0.2) is 13.0 Å². The largest absolute Gasteiger partial charge is 0.294 e. The molecule has 0 heterocycles. The molecule has 90 valence electrons. The summed E-state index contributed by atoms with van der Waals surface area (Å²) in [6.07, 6.45) is 1.99. The van der Waals surface area contributed by atoms with Gasteiger partial charge < -0.3 is 0 Å². The van der Waals surface area contributed by atoms with E-state index in [0.29, 0.717) is 0 Å². The van der Waals surface area contributed by atoms with Gasteiger partial charge in [0.2, 0.25) is 0 Å². The molecule has 0 unspecified atom stereocenters. The Morgan fingerprint density at radius 2 is 1.56 bits per heavy atom. The highest BCUT2D eigenvalue weighted by atomic mass is 32.2. The van der Waals surface area contributed by atoms with E-state index in [0.717, 1.165) is 18.4 Å². The Kier molecular flexibility index (Phi) is 3.76. The molecule has 0 radical (unpaired) electrons. The molecule has 0 bridgehead atoms. The minimum absolute atomic E-state index is 0.0502. The molecule has 0 saturated heterocycles. The second-order valence-electron chi connectivity index (χ2n) is 4.27. The van der Waals surface area contributed by atoms with Crippen molar-refractivity contribution in [2.75, 3.05) is 0 Å². The summed E-state index contributed by atoms with van der Waals surface area (Å²) in [5, 5.41) is 0. The van der Waals surface area contributed by atoms with Gasteiger partial charge in [0.15, 0.2) is 0 Å². The van der Waals surface area contributed by atoms with E-state index in [1.165, 1.54) is 12.1 Å². The third kappa shape index (κ3) is 2.62. The lowest BCUT2D eigenvalue weighted by Crippen LogP contribution is -2.19. The molecule has 0 saturated carbocycles. The highest BCUT2D eigenvalue weighted by Gasteiger charge is 2.22. The monoisotopic (exact) mass is 242 g/mol. The normalized spacial score (nSPS) is 12.8. The van der Waals surface area contributed by atoms with E-state index in [4.69, 9.17) is 4.55 Å². The van der Waals surface area contributed by atoms with Gasteiger partial charge in [-0.3, -0.25) is 4.55 Å². The van der Waals surface area contributed by atoms with Gasteiger partial charge in [0, 0.05) is 0 Å². The summed E-state index contributed by atoms with van der Waals surface area (Å²) in [5.41, 5.74) is 1.17. The molecule has 0 aliphatic carbocycles. The second kappa shape index (κ2) is 4.55. The average molecular weight is 242 g/mol. The van der Waals surface area contributed by atoms with E-state index < -0.39 is 10.1 Å². The molecule has 0 aromatic heterocycles. The molecule has 1 aromatic rings. The summed E-state index contributed by atoms with van der Waals surface area (Å²) in [4.78, 5) is -0.0502. The van der Waals surface area contributed by atoms with Crippen LogP contribution in [0.2, 0.25) is 0 Å². The fraction of sp³-hybridized carbons (Fsp3) is 0.500. The average Bonchev–Trinajstić information content (AvgIpc) is 2.27. The first-order valence-corrected chi connectivity index (χ1v) is 6.85. The van der Waals surface area contributed by atoms with E-state index in [-0.39, 0.29) is 10.3 Å². The van der Waals surface area contributed by atoms with E-state index in [1.54, 1.807) is 12.1 Å².